The van der Waals surface area contributed by atoms with Crippen molar-refractivity contribution < 1.29 is 22.3 Å². The van der Waals surface area contributed by atoms with Gasteiger partial charge >= 0.3 is 11.9 Å². The van der Waals surface area contributed by atoms with Crippen molar-refractivity contribution >= 4 is 0 Å². The van der Waals surface area contributed by atoms with Crippen molar-refractivity contribution in [3.63, 3.8) is 0 Å². The van der Waals surface area contributed by atoms with Gasteiger partial charge in [0.25, 0.3) is 5.56 Å². The second kappa shape index (κ2) is 9.18. The van der Waals surface area contributed by atoms with E-state index >= 15 is 0 Å². The standard InChI is InChI=1S/C24H17F4N5O3/c1-13-9-14(15-3-5-18(25)16(10-15)11-29)4-6-19(13)36-21-17(24(26,27)28)7-8-33(22(21)34)12-20-30-31-23(35)32(20)2/h3-10H,12H2,1-2H3,(H,31,35). The van der Waals surface area contributed by atoms with Crippen molar-refractivity contribution in [3.05, 3.63) is 97.8 Å². The predicted octanol–water partition coefficient (Wildman–Crippen LogP) is 4.12. The van der Waals surface area contributed by atoms with Crippen LogP contribution in [-0.4, -0.2) is 19.3 Å². The fraction of sp³-hybridized carbons (Fsp3) is 0.167. The Kier molecular flexibility index (Phi) is 6.24. The summed E-state index contributed by atoms with van der Waals surface area (Å²) >= 11 is 0. The zero-order chi connectivity index (χ0) is 26.2. The Labute approximate surface area is 200 Å². The third-order valence-electron chi connectivity index (χ3n) is 5.52. The average molecular weight is 499 g/mol. The third kappa shape index (κ3) is 4.63. The van der Waals surface area contributed by atoms with Gasteiger partial charge in [0.15, 0.2) is 5.82 Å². The first-order chi connectivity index (χ1) is 17.0. The molecule has 0 atom stereocenters. The van der Waals surface area contributed by atoms with Crippen LogP contribution in [0.25, 0.3) is 11.1 Å². The highest BCUT2D eigenvalue weighted by Gasteiger charge is 2.36. The first kappa shape index (κ1) is 24.5. The molecule has 1 N–H and O–H groups in total. The van der Waals surface area contributed by atoms with Crippen LogP contribution in [-0.2, 0) is 19.8 Å². The molecule has 0 bridgehead atoms. The van der Waals surface area contributed by atoms with Crippen LogP contribution in [0.15, 0.2) is 58.3 Å². The summed E-state index contributed by atoms with van der Waals surface area (Å²) in [5.74, 6) is -1.49. The third-order valence-corrected chi connectivity index (χ3v) is 5.52. The van der Waals surface area contributed by atoms with Gasteiger partial charge in [-0.05, 0) is 53.9 Å². The van der Waals surface area contributed by atoms with Crippen LogP contribution in [0.3, 0.4) is 0 Å². The number of hydrogen-bond acceptors (Lipinski definition) is 5. The molecule has 0 saturated heterocycles. The number of ether oxygens (including phenoxy) is 1. The number of aryl methyl sites for hydroxylation is 1. The van der Waals surface area contributed by atoms with Gasteiger partial charge in [0.1, 0.15) is 23.2 Å². The lowest BCUT2D eigenvalue weighted by Gasteiger charge is -2.17. The van der Waals surface area contributed by atoms with E-state index in [1.165, 1.54) is 31.3 Å². The summed E-state index contributed by atoms with van der Waals surface area (Å²) in [7, 11) is 1.40. The number of halogens is 4. The highest BCUT2D eigenvalue weighted by molar-refractivity contribution is 5.67. The van der Waals surface area contributed by atoms with Crippen LogP contribution in [0.2, 0.25) is 0 Å². The number of rotatable bonds is 5. The molecule has 4 rings (SSSR count). The molecule has 0 aliphatic heterocycles. The molecule has 36 heavy (non-hydrogen) atoms. The summed E-state index contributed by atoms with van der Waals surface area (Å²) in [6.07, 6.45) is -3.92. The Morgan fingerprint density at radius 3 is 2.42 bits per heavy atom. The number of nitriles is 1. The van der Waals surface area contributed by atoms with Gasteiger partial charge in [-0.25, -0.2) is 14.3 Å². The van der Waals surface area contributed by atoms with E-state index < -0.39 is 34.6 Å². The number of aromatic nitrogens is 4. The SMILES string of the molecule is Cc1cc(-c2ccc(F)c(C#N)c2)ccc1Oc1c(C(F)(F)F)ccn(Cc2n[nH]c(=O)n2C)c1=O. The van der Waals surface area contributed by atoms with Crippen LogP contribution in [0, 0.1) is 24.1 Å². The van der Waals surface area contributed by atoms with Crippen LogP contribution in [0.1, 0.15) is 22.5 Å². The first-order valence-electron chi connectivity index (χ1n) is 10.4. The highest BCUT2D eigenvalue weighted by Crippen LogP contribution is 2.37. The van der Waals surface area contributed by atoms with Crippen LogP contribution >= 0.6 is 0 Å². The lowest BCUT2D eigenvalue weighted by Crippen LogP contribution is -2.26. The zero-order valence-corrected chi connectivity index (χ0v) is 18.9. The molecular formula is C24H17F4N5O3. The smallest absolute Gasteiger partial charge is 0.420 e. The predicted molar refractivity (Wildman–Crippen MR) is 120 cm³/mol. The topological polar surface area (TPSA) is 106 Å². The van der Waals surface area contributed by atoms with Crippen LogP contribution < -0.4 is 16.0 Å². The highest BCUT2D eigenvalue weighted by atomic mass is 19.4. The second-order valence-corrected chi connectivity index (χ2v) is 7.88. The second-order valence-electron chi connectivity index (χ2n) is 7.88. The molecule has 0 fully saturated rings. The van der Waals surface area contributed by atoms with Crippen molar-refractivity contribution in [2.75, 3.05) is 0 Å². The minimum atomic E-state index is -4.87. The number of benzene rings is 2. The molecule has 0 aliphatic rings. The summed E-state index contributed by atoms with van der Waals surface area (Å²) < 4.78 is 62.3. The Morgan fingerprint density at radius 2 is 1.81 bits per heavy atom. The number of nitrogens with one attached hydrogen (secondary N) is 1. The molecule has 8 nitrogen and oxygen atoms in total. The van der Waals surface area contributed by atoms with Crippen molar-refractivity contribution in [3.8, 4) is 28.7 Å². The van der Waals surface area contributed by atoms with Crippen LogP contribution in [0.4, 0.5) is 17.6 Å². The van der Waals surface area contributed by atoms with E-state index in [1.807, 2.05) is 0 Å². The Morgan fingerprint density at radius 1 is 1.11 bits per heavy atom. The summed E-state index contributed by atoms with van der Waals surface area (Å²) in [5, 5.41) is 15.0. The maximum Gasteiger partial charge on any atom is 0.420 e. The van der Waals surface area contributed by atoms with Gasteiger partial charge in [0.2, 0.25) is 5.75 Å². The molecule has 0 amide bonds. The minimum Gasteiger partial charge on any atom is -0.451 e. The van der Waals surface area contributed by atoms with Gasteiger partial charge in [-0.1, -0.05) is 12.1 Å². The Balaban J connectivity index is 1.74. The normalized spacial score (nSPS) is 11.4. The van der Waals surface area contributed by atoms with Crippen molar-refractivity contribution in [2.45, 2.75) is 19.6 Å². The number of aromatic amines is 1. The fourth-order valence-corrected chi connectivity index (χ4v) is 3.52. The minimum absolute atomic E-state index is 0.00566. The molecule has 2 heterocycles. The molecule has 0 unspecified atom stereocenters. The molecule has 0 spiro atoms. The van der Waals surface area contributed by atoms with Crippen molar-refractivity contribution in [1.29, 1.82) is 5.26 Å². The van der Waals surface area contributed by atoms with Crippen molar-refractivity contribution in [1.82, 2.24) is 19.3 Å². The molecule has 0 saturated carbocycles. The number of H-pyrrole nitrogens is 1. The van der Waals surface area contributed by atoms with Gasteiger partial charge in [-0.3, -0.25) is 9.36 Å². The van der Waals surface area contributed by atoms with E-state index in [0.29, 0.717) is 22.8 Å². The number of pyridine rings is 1. The summed E-state index contributed by atoms with van der Waals surface area (Å²) in [5.41, 5.74) is -1.54. The Hall–Kier alpha value is -4.66. The van der Waals surface area contributed by atoms with E-state index in [2.05, 4.69) is 10.2 Å². The van der Waals surface area contributed by atoms with Gasteiger partial charge in [0, 0.05) is 13.2 Å². The molecule has 0 radical (unpaired) electrons. The summed E-state index contributed by atoms with van der Waals surface area (Å²) in [6, 6.07) is 10.9. The quantitative estimate of drug-likeness (QED) is 0.416. The van der Waals surface area contributed by atoms with E-state index in [4.69, 9.17) is 10.00 Å². The maximum absolute atomic E-state index is 13.7. The molecule has 4 aromatic rings. The zero-order valence-electron chi connectivity index (χ0n) is 18.9. The summed E-state index contributed by atoms with van der Waals surface area (Å²) in [6.45, 7) is 1.30. The van der Waals surface area contributed by atoms with Gasteiger partial charge in [-0.2, -0.15) is 23.5 Å². The monoisotopic (exact) mass is 499 g/mol. The van der Waals surface area contributed by atoms with E-state index in [9.17, 15) is 27.2 Å². The first-order valence-corrected chi connectivity index (χ1v) is 10.4. The van der Waals surface area contributed by atoms with Crippen molar-refractivity contribution in [2.24, 2.45) is 7.05 Å². The maximum atomic E-state index is 13.7. The largest absolute Gasteiger partial charge is 0.451 e. The number of nitrogens with zero attached hydrogens (tertiary/aromatic N) is 4. The van der Waals surface area contributed by atoms with Gasteiger partial charge in [0.05, 0.1) is 12.1 Å². The molecule has 12 heteroatoms. The summed E-state index contributed by atoms with van der Waals surface area (Å²) in [4.78, 5) is 24.6. The molecule has 2 aromatic carbocycles. The molecule has 2 aromatic heterocycles. The lowest BCUT2D eigenvalue weighted by atomic mass is 10.0. The average Bonchev–Trinajstić information content (AvgIpc) is 3.14. The fourth-order valence-electron chi connectivity index (χ4n) is 3.52. The van der Waals surface area contributed by atoms with Crippen LogP contribution in [0.5, 0.6) is 11.5 Å². The molecule has 184 valence electrons. The van der Waals surface area contributed by atoms with E-state index in [0.717, 1.165) is 21.4 Å². The van der Waals surface area contributed by atoms with Gasteiger partial charge in [-0.15, -0.1) is 0 Å². The van der Waals surface area contributed by atoms with E-state index in [-0.39, 0.29) is 23.7 Å². The van der Waals surface area contributed by atoms with Gasteiger partial charge < -0.3 is 9.30 Å². The molecule has 0 aliphatic carbocycles. The molecular weight excluding hydrogens is 482 g/mol. The van der Waals surface area contributed by atoms with E-state index in [1.54, 1.807) is 19.1 Å². The lowest BCUT2D eigenvalue weighted by molar-refractivity contribution is -0.138. The number of alkyl halides is 3. The number of hydrogen-bond donors (Lipinski definition) is 1. The Bertz CT molecular complexity index is 1630.